The Labute approximate surface area is 156 Å². The number of rotatable bonds is 7. The van der Waals surface area contributed by atoms with Gasteiger partial charge in [-0.1, -0.05) is 36.4 Å². The van der Waals surface area contributed by atoms with E-state index in [9.17, 15) is 4.57 Å². The van der Waals surface area contributed by atoms with Gasteiger partial charge in [-0.3, -0.25) is 4.57 Å². The van der Waals surface area contributed by atoms with Crippen LogP contribution in [-0.4, -0.2) is 25.1 Å². The molecule has 134 valence electrons. The third-order valence-corrected chi connectivity index (χ3v) is 9.87. The van der Waals surface area contributed by atoms with Crippen LogP contribution >= 0.6 is 28.5 Å². The van der Waals surface area contributed by atoms with Crippen molar-refractivity contribution in [2.24, 2.45) is 0 Å². The molecule has 1 saturated heterocycles. The Morgan fingerprint density at radius 1 is 1.04 bits per heavy atom. The van der Waals surface area contributed by atoms with Gasteiger partial charge in [0.25, 0.3) is 0 Å². The Hall–Kier alpha value is -0.750. The molecule has 1 aliphatic rings. The van der Waals surface area contributed by atoms with Crippen molar-refractivity contribution in [3.05, 3.63) is 60.7 Å². The van der Waals surface area contributed by atoms with Gasteiger partial charge in [0.15, 0.2) is 5.79 Å². The first kappa shape index (κ1) is 19.0. The zero-order valence-electron chi connectivity index (χ0n) is 14.2. The molecule has 1 fully saturated rings. The van der Waals surface area contributed by atoms with Crippen LogP contribution in [0.3, 0.4) is 0 Å². The van der Waals surface area contributed by atoms with Crippen LogP contribution in [0.15, 0.2) is 70.5 Å². The van der Waals surface area contributed by atoms with Crippen molar-refractivity contribution in [2.45, 2.75) is 35.5 Å². The molecule has 4 nitrogen and oxygen atoms in total. The van der Waals surface area contributed by atoms with Crippen LogP contribution in [-0.2, 0) is 18.6 Å². The van der Waals surface area contributed by atoms with Crippen molar-refractivity contribution >= 4 is 28.5 Å². The highest BCUT2D eigenvalue weighted by atomic mass is 33.1. The first-order valence-corrected chi connectivity index (χ1v) is 12.5. The minimum absolute atomic E-state index is 0.212. The molecule has 0 unspecified atom stereocenters. The quantitative estimate of drug-likeness (QED) is 0.547. The molecule has 0 spiro atoms. The van der Waals surface area contributed by atoms with E-state index in [1.54, 1.807) is 0 Å². The highest BCUT2D eigenvalue weighted by Crippen LogP contribution is 2.74. The summed E-state index contributed by atoms with van der Waals surface area (Å²) in [5.41, 5.74) is 0. The molecule has 1 heterocycles. The van der Waals surface area contributed by atoms with E-state index >= 15 is 0 Å². The van der Waals surface area contributed by atoms with Crippen molar-refractivity contribution < 1.29 is 18.6 Å². The van der Waals surface area contributed by atoms with E-state index in [1.165, 1.54) is 22.8 Å². The van der Waals surface area contributed by atoms with Gasteiger partial charge in [-0.25, -0.2) is 0 Å². The Morgan fingerprint density at radius 3 is 2.00 bits per heavy atom. The van der Waals surface area contributed by atoms with Crippen LogP contribution < -0.4 is 0 Å². The molecule has 0 aliphatic carbocycles. The smallest absolute Gasteiger partial charge is 0.322 e. The predicted molar refractivity (Wildman–Crippen MR) is 103 cm³/mol. The minimum Gasteiger partial charge on any atom is -0.348 e. The van der Waals surface area contributed by atoms with Crippen LogP contribution in [0.1, 0.15) is 13.8 Å². The summed E-state index contributed by atoms with van der Waals surface area (Å²) < 4.78 is 30.7. The first-order chi connectivity index (χ1) is 11.9. The van der Waals surface area contributed by atoms with Crippen LogP contribution in [0.4, 0.5) is 0 Å². The van der Waals surface area contributed by atoms with Crippen LogP contribution in [0, 0.1) is 0 Å². The highest BCUT2D eigenvalue weighted by Gasteiger charge is 2.35. The average molecular weight is 396 g/mol. The van der Waals surface area contributed by atoms with E-state index in [1.807, 2.05) is 74.5 Å². The SMILES string of the molecule is CC1(C)OC[C@H](COP(=O)(Sc2ccccc2)Sc2ccccc2)O1. The average Bonchev–Trinajstić information content (AvgIpc) is 2.94. The zero-order chi connectivity index (χ0) is 17.8. The van der Waals surface area contributed by atoms with E-state index < -0.39 is 11.6 Å². The topological polar surface area (TPSA) is 44.8 Å². The Morgan fingerprint density at radius 2 is 1.56 bits per heavy atom. The van der Waals surface area contributed by atoms with Crippen molar-refractivity contribution in [3.8, 4) is 0 Å². The first-order valence-electron chi connectivity index (χ1n) is 8.00. The Kier molecular flexibility index (Phi) is 6.31. The summed E-state index contributed by atoms with van der Waals surface area (Å²) in [5.74, 6) is -3.67. The largest absolute Gasteiger partial charge is 0.348 e. The molecule has 0 radical (unpaired) electrons. The molecular formula is C18H21O4PS2. The van der Waals surface area contributed by atoms with Crippen molar-refractivity contribution in [2.75, 3.05) is 13.2 Å². The molecule has 1 atom stereocenters. The molecule has 3 rings (SSSR count). The molecule has 0 saturated carbocycles. The molecule has 7 heteroatoms. The van der Waals surface area contributed by atoms with E-state index in [-0.39, 0.29) is 12.7 Å². The van der Waals surface area contributed by atoms with Gasteiger partial charge in [0.2, 0.25) is 0 Å². The number of hydrogen-bond acceptors (Lipinski definition) is 6. The van der Waals surface area contributed by atoms with Gasteiger partial charge >= 0.3 is 5.77 Å². The predicted octanol–water partition coefficient (Wildman–Crippen LogP) is 5.85. The summed E-state index contributed by atoms with van der Waals surface area (Å²) in [4.78, 5) is 1.83. The summed E-state index contributed by atoms with van der Waals surface area (Å²) in [6.45, 7) is 4.41. The third kappa shape index (κ3) is 5.88. The van der Waals surface area contributed by atoms with Crippen LogP contribution in [0.2, 0.25) is 0 Å². The summed E-state index contributed by atoms with van der Waals surface area (Å²) in [6.07, 6.45) is -0.212. The van der Waals surface area contributed by atoms with Gasteiger partial charge in [0.05, 0.1) is 13.2 Å². The molecule has 2 aromatic carbocycles. The lowest BCUT2D eigenvalue weighted by Crippen LogP contribution is -2.23. The molecule has 0 bridgehead atoms. The monoisotopic (exact) mass is 396 g/mol. The lowest BCUT2D eigenvalue weighted by Gasteiger charge is -2.20. The zero-order valence-corrected chi connectivity index (χ0v) is 16.7. The molecule has 25 heavy (non-hydrogen) atoms. The maximum atomic E-state index is 13.5. The Bertz CT molecular complexity index is 679. The second-order valence-electron chi connectivity index (χ2n) is 6.00. The van der Waals surface area contributed by atoms with Crippen molar-refractivity contribution in [3.63, 3.8) is 0 Å². The van der Waals surface area contributed by atoms with Crippen molar-refractivity contribution in [1.82, 2.24) is 0 Å². The summed E-state index contributed by atoms with van der Waals surface area (Å²) in [7, 11) is 0. The second-order valence-corrected chi connectivity index (χ2v) is 13.1. The van der Waals surface area contributed by atoms with Crippen LogP contribution in [0.5, 0.6) is 0 Å². The van der Waals surface area contributed by atoms with Gasteiger partial charge in [-0.05, 0) is 60.9 Å². The highest BCUT2D eigenvalue weighted by molar-refractivity contribution is 8.89. The maximum absolute atomic E-state index is 13.5. The fraction of sp³-hybridized carbons (Fsp3) is 0.333. The fourth-order valence-corrected chi connectivity index (χ4v) is 8.83. The fourth-order valence-electron chi connectivity index (χ4n) is 2.31. The molecule has 0 amide bonds. The maximum Gasteiger partial charge on any atom is 0.322 e. The van der Waals surface area contributed by atoms with Gasteiger partial charge in [0.1, 0.15) is 6.10 Å². The number of benzene rings is 2. The van der Waals surface area contributed by atoms with Crippen molar-refractivity contribution in [1.29, 1.82) is 0 Å². The third-order valence-electron chi connectivity index (χ3n) is 3.41. The summed E-state index contributed by atoms with van der Waals surface area (Å²) >= 11 is 2.54. The molecule has 0 N–H and O–H groups in total. The second kappa shape index (κ2) is 8.30. The molecule has 0 aromatic heterocycles. The number of hydrogen-bond donors (Lipinski definition) is 0. The van der Waals surface area contributed by atoms with E-state index in [2.05, 4.69) is 0 Å². The normalized spacial score (nSPS) is 19.8. The molecule has 1 aliphatic heterocycles. The lowest BCUT2D eigenvalue weighted by molar-refractivity contribution is -0.141. The van der Waals surface area contributed by atoms with Gasteiger partial charge in [0, 0.05) is 9.79 Å². The summed E-state index contributed by atoms with van der Waals surface area (Å²) in [6, 6.07) is 19.3. The van der Waals surface area contributed by atoms with Gasteiger partial charge < -0.3 is 14.0 Å². The Balaban J connectivity index is 1.71. The standard InChI is InChI=1S/C18H21O4PS2/c1-18(2)20-13-15(22-18)14-21-23(19,24-16-9-5-3-6-10-16)25-17-11-7-4-8-12-17/h3-12,15H,13-14H2,1-2H3/t15-/m1/s1. The van der Waals surface area contributed by atoms with E-state index in [4.69, 9.17) is 14.0 Å². The van der Waals surface area contributed by atoms with Crippen LogP contribution in [0.25, 0.3) is 0 Å². The number of ether oxygens (including phenoxy) is 2. The van der Waals surface area contributed by atoms with Gasteiger partial charge in [-0.2, -0.15) is 0 Å². The minimum atomic E-state index is -3.06. The molecular weight excluding hydrogens is 375 g/mol. The van der Waals surface area contributed by atoms with Gasteiger partial charge in [-0.15, -0.1) is 0 Å². The lowest BCUT2D eigenvalue weighted by atomic mass is 10.4. The van der Waals surface area contributed by atoms with E-state index in [0.717, 1.165) is 9.79 Å². The van der Waals surface area contributed by atoms with E-state index in [0.29, 0.717) is 6.61 Å². The molecule has 2 aromatic rings. The summed E-state index contributed by atoms with van der Waals surface area (Å²) in [5, 5.41) is 0.